The Morgan fingerprint density at radius 3 is 2.44 bits per heavy atom. The topological polar surface area (TPSA) is 127 Å². The largest absolute Gasteiger partial charge is 0.493 e. The van der Waals surface area contributed by atoms with Gasteiger partial charge in [0.1, 0.15) is 16.4 Å². The van der Waals surface area contributed by atoms with Crippen molar-refractivity contribution in [3.63, 3.8) is 0 Å². The van der Waals surface area contributed by atoms with Gasteiger partial charge < -0.3 is 25.2 Å². The lowest BCUT2D eigenvalue weighted by Gasteiger charge is -2.08. The third kappa shape index (κ3) is 5.17. The molecule has 2 rings (SSSR count). The van der Waals surface area contributed by atoms with E-state index in [1.807, 2.05) is 0 Å². The molecule has 0 aliphatic heterocycles. The van der Waals surface area contributed by atoms with E-state index in [0.717, 1.165) is 5.56 Å². The number of aliphatic carboxylic acids is 1. The molecule has 1 aromatic carbocycles. The number of hydrogen-bond acceptors (Lipinski definition) is 7. The van der Waals surface area contributed by atoms with E-state index in [0.29, 0.717) is 27.1 Å². The zero-order chi connectivity index (χ0) is 20.0. The molecule has 0 spiro atoms. The van der Waals surface area contributed by atoms with Crippen LogP contribution in [-0.2, 0) is 9.59 Å². The molecule has 0 radical (unpaired) electrons. The Hall–Kier alpha value is -3.14. The molecule has 9 nitrogen and oxygen atoms in total. The number of amides is 2. The summed E-state index contributed by atoms with van der Waals surface area (Å²) in [7, 11) is 3.07. The predicted octanol–water partition coefficient (Wildman–Crippen LogP) is 1.07. The monoisotopic (exact) mass is 393 g/mol. The second-order valence-electron chi connectivity index (χ2n) is 5.36. The number of nitrogens with zero attached hydrogens (tertiary/aromatic N) is 1. The molecule has 0 unspecified atom stereocenters. The van der Waals surface area contributed by atoms with Crippen LogP contribution in [0, 0.1) is 6.92 Å². The quantitative estimate of drug-likeness (QED) is 0.612. The summed E-state index contributed by atoms with van der Waals surface area (Å²) in [5.74, 6) is -1.08. The highest BCUT2D eigenvalue weighted by molar-refractivity contribution is 7.17. The number of benzene rings is 1. The first kappa shape index (κ1) is 20.2. The molecule has 1 heterocycles. The van der Waals surface area contributed by atoms with Gasteiger partial charge in [0.2, 0.25) is 5.91 Å². The van der Waals surface area contributed by atoms with Crippen molar-refractivity contribution in [2.24, 2.45) is 0 Å². The molecule has 1 aromatic heterocycles. The van der Waals surface area contributed by atoms with Gasteiger partial charge >= 0.3 is 5.97 Å². The average Bonchev–Trinajstić information content (AvgIpc) is 3.05. The minimum atomic E-state index is -1.16. The Labute approximate surface area is 159 Å². The molecule has 0 atom stereocenters. The number of carbonyl (C=O) groups is 3. The first-order valence-electron chi connectivity index (χ1n) is 7.82. The number of hydrogen-bond donors (Lipinski definition) is 3. The van der Waals surface area contributed by atoms with Gasteiger partial charge in [0.25, 0.3) is 5.91 Å². The molecule has 144 valence electrons. The third-order valence-corrected chi connectivity index (χ3v) is 4.68. The van der Waals surface area contributed by atoms with E-state index in [9.17, 15) is 14.4 Å². The van der Waals surface area contributed by atoms with Crippen LogP contribution in [0.25, 0.3) is 10.6 Å². The first-order chi connectivity index (χ1) is 12.8. The van der Waals surface area contributed by atoms with E-state index in [2.05, 4.69) is 15.6 Å². The Balaban J connectivity index is 2.10. The minimum absolute atomic E-state index is 0.324. The van der Waals surface area contributed by atoms with Gasteiger partial charge in [-0.25, -0.2) is 4.98 Å². The van der Waals surface area contributed by atoms with Gasteiger partial charge in [0.05, 0.1) is 26.5 Å². The number of carboxylic acid groups (broad SMARTS) is 1. The van der Waals surface area contributed by atoms with E-state index in [1.165, 1.54) is 18.4 Å². The fraction of sp³-hybridized carbons (Fsp3) is 0.294. The predicted molar refractivity (Wildman–Crippen MR) is 98.4 cm³/mol. The number of nitrogens with one attached hydrogen (secondary N) is 2. The smallest absolute Gasteiger partial charge is 0.322 e. The second-order valence-corrected chi connectivity index (χ2v) is 6.36. The van der Waals surface area contributed by atoms with Gasteiger partial charge in [-0.1, -0.05) is 0 Å². The maximum absolute atomic E-state index is 12.3. The van der Waals surface area contributed by atoms with Crippen LogP contribution in [0.1, 0.15) is 15.4 Å². The van der Waals surface area contributed by atoms with Crippen LogP contribution in [0.2, 0.25) is 0 Å². The Kier molecular flexibility index (Phi) is 6.72. The number of carboxylic acids is 1. The number of carbonyl (C=O) groups excluding carboxylic acids is 2. The van der Waals surface area contributed by atoms with E-state index in [1.54, 1.807) is 32.2 Å². The fourth-order valence-corrected chi connectivity index (χ4v) is 3.16. The van der Waals surface area contributed by atoms with E-state index in [4.69, 9.17) is 14.6 Å². The standard InChI is InChI=1S/C17H19N3O6S/c1-9-15(16(24)19-7-13(21)18-8-14(22)23)27-17(20-9)10-4-5-11(25-2)12(6-10)26-3/h4-6H,7-8H2,1-3H3,(H,18,21)(H,19,24)(H,22,23). The maximum Gasteiger partial charge on any atom is 0.322 e. The van der Waals surface area contributed by atoms with Gasteiger partial charge in [0, 0.05) is 5.56 Å². The zero-order valence-corrected chi connectivity index (χ0v) is 15.8. The molecule has 10 heteroatoms. The summed E-state index contributed by atoms with van der Waals surface area (Å²) >= 11 is 1.18. The van der Waals surface area contributed by atoms with Crippen LogP contribution in [-0.4, -0.2) is 55.2 Å². The van der Waals surface area contributed by atoms with Crippen LogP contribution >= 0.6 is 11.3 Å². The SMILES string of the molecule is COc1ccc(-c2nc(C)c(C(=O)NCC(=O)NCC(=O)O)s2)cc1OC. The number of methoxy groups -OCH3 is 2. The van der Waals surface area contributed by atoms with Gasteiger partial charge in [-0.15, -0.1) is 11.3 Å². The van der Waals surface area contributed by atoms with Crippen molar-refractivity contribution in [3.8, 4) is 22.1 Å². The van der Waals surface area contributed by atoms with Crippen molar-refractivity contribution in [3.05, 3.63) is 28.8 Å². The third-order valence-electron chi connectivity index (χ3n) is 3.48. The van der Waals surface area contributed by atoms with Crippen LogP contribution < -0.4 is 20.1 Å². The van der Waals surface area contributed by atoms with Crippen LogP contribution in [0.5, 0.6) is 11.5 Å². The van der Waals surface area contributed by atoms with Gasteiger partial charge in [-0.05, 0) is 25.1 Å². The molecule has 0 bridgehead atoms. The van der Waals surface area contributed by atoms with E-state index < -0.39 is 24.3 Å². The lowest BCUT2D eigenvalue weighted by molar-refractivity contribution is -0.137. The van der Waals surface area contributed by atoms with Gasteiger partial charge in [0.15, 0.2) is 11.5 Å². The summed E-state index contributed by atoms with van der Waals surface area (Å²) in [5, 5.41) is 13.7. The highest BCUT2D eigenvalue weighted by atomic mass is 32.1. The molecule has 2 amide bonds. The number of rotatable bonds is 8. The molecule has 0 fully saturated rings. The Morgan fingerprint density at radius 2 is 1.81 bits per heavy atom. The zero-order valence-electron chi connectivity index (χ0n) is 15.0. The highest BCUT2D eigenvalue weighted by Crippen LogP contribution is 2.34. The maximum atomic E-state index is 12.3. The second kappa shape index (κ2) is 8.99. The normalized spacial score (nSPS) is 10.2. The molecule has 27 heavy (non-hydrogen) atoms. The fourth-order valence-electron chi connectivity index (χ4n) is 2.18. The Morgan fingerprint density at radius 1 is 1.11 bits per heavy atom. The molecular weight excluding hydrogens is 374 g/mol. The molecule has 0 aliphatic rings. The van der Waals surface area contributed by atoms with E-state index >= 15 is 0 Å². The van der Waals surface area contributed by atoms with Crippen molar-refractivity contribution < 1.29 is 29.0 Å². The van der Waals surface area contributed by atoms with Crippen molar-refractivity contribution in [2.75, 3.05) is 27.3 Å². The number of thiazole rings is 1. The van der Waals surface area contributed by atoms with Crippen molar-refractivity contribution in [1.82, 2.24) is 15.6 Å². The van der Waals surface area contributed by atoms with Gasteiger partial charge in [-0.2, -0.15) is 0 Å². The van der Waals surface area contributed by atoms with Crippen LogP contribution in [0.3, 0.4) is 0 Å². The lowest BCUT2D eigenvalue weighted by Crippen LogP contribution is -2.38. The summed E-state index contributed by atoms with van der Waals surface area (Å²) in [6.45, 7) is 0.868. The highest BCUT2D eigenvalue weighted by Gasteiger charge is 2.18. The van der Waals surface area contributed by atoms with Crippen molar-refractivity contribution in [2.45, 2.75) is 6.92 Å². The number of aryl methyl sites for hydroxylation is 1. The van der Waals surface area contributed by atoms with Gasteiger partial charge in [-0.3, -0.25) is 14.4 Å². The summed E-state index contributed by atoms with van der Waals surface area (Å²) < 4.78 is 10.5. The van der Waals surface area contributed by atoms with Crippen LogP contribution in [0.15, 0.2) is 18.2 Å². The average molecular weight is 393 g/mol. The van der Waals surface area contributed by atoms with E-state index in [-0.39, 0.29) is 6.54 Å². The molecule has 0 saturated carbocycles. The number of ether oxygens (including phenoxy) is 2. The minimum Gasteiger partial charge on any atom is -0.493 e. The molecule has 2 aromatic rings. The summed E-state index contributed by atoms with van der Waals surface area (Å²) in [5.41, 5.74) is 1.28. The van der Waals surface area contributed by atoms with Crippen LogP contribution in [0.4, 0.5) is 0 Å². The molecule has 3 N–H and O–H groups in total. The number of aromatic nitrogens is 1. The lowest BCUT2D eigenvalue weighted by atomic mass is 10.2. The Bertz CT molecular complexity index is 864. The van der Waals surface area contributed by atoms with Crippen molar-refractivity contribution in [1.29, 1.82) is 0 Å². The summed E-state index contributed by atoms with van der Waals surface area (Å²) in [4.78, 5) is 39.0. The summed E-state index contributed by atoms with van der Waals surface area (Å²) in [6, 6.07) is 5.32. The summed E-state index contributed by atoms with van der Waals surface area (Å²) in [6.07, 6.45) is 0. The first-order valence-corrected chi connectivity index (χ1v) is 8.63. The molecular formula is C17H19N3O6S. The molecule has 0 saturated heterocycles. The molecule has 0 aliphatic carbocycles. The van der Waals surface area contributed by atoms with Crippen molar-refractivity contribution >= 4 is 29.1 Å².